The number of hydrogen-bond acceptors (Lipinski definition) is 3. The zero-order valence-electron chi connectivity index (χ0n) is 12.6. The Balaban J connectivity index is 1.86. The number of rotatable bonds is 2. The molecule has 0 aromatic heterocycles. The number of methoxy groups -OCH3 is 1. The molecule has 0 radical (unpaired) electrons. The third-order valence-electron chi connectivity index (χ3n) is 3.57. The third kappa shape index (κ3) is 2.70. The number of aryl methyl sites for hydroxylation is 1. The van der Waals surface area contributed by atoms with Gasteiger partial charge >= 0.3 is 6.03 Å². The standard InChI is InChI=1S/C17H18N2O3/c1-12-7-8-16-14(11-12)19(9-10-22-16)17(20)18-13-5-3-4-6-15(13)21-2/h3-8,11H,9-10H2,1-2H3,(H,18,20). The highest BCUT2D eigenvalue weighted by Crippen LogP contribution is 2.33. The normalized spacial score (nSPS) is 13.1. The monoisotopic (exact) mass is 298 g/mol. The summed E-state index contributed by atoms with van der Waals surface area (Å²) in [5.74, 6) is 1.36. The first-order chi connectivity index (χ1) is 10.7. The van der Waals surface area contributed by atoms with Crippen molar-refractivity contribution in [2.24, 2.45) is 0 Å². The van der Waals surface area contributed by atoms with E-state index in [9.17, 15) is 4.79 Å². The van der Waals surface area contributed by atoms with Gasteiger partial charge < -0.3 is 14.8 Å². The fourth-order valence-electron chi connectivity index (χ4n) is 2.47. The molecule has 114 valence electrons. The van der Waals surface area contributed by atoms with E-state index >= 15 is 0 Å². The average Bonchev–Trinajstić information content (AvgIpc) is 2.54. The fourth-order valence-corrected chi connectivity index (χ4v) is 2.47. The minimum absolute atomic E-state index is 0.195. The predicted molar refractivity (Wildman–Crippen MR) is 86.0 cm³/mol. The first-order valence-corrected chi connectivity index (χ1v) is 7.14. The Hall–Kier alpha value is -2.69. The highest BCUT2D eigenvalue weighted by molar-refractivity contribution is 6.03. The van der Waals surface area contributed by atoms with Gasteiger partial charge in [-0.2, -0.15) is 0 Å². The Morgan fingerprint density at radius 1 is 1.27 bits per heavy atom. The molecule has 0 spiro atoms. The van der Waals surface area contributed by atoms with Crippen molar-refractivity contribution in [2.45, 2.75) is 6.92 Å². The van der Waals surface area contributed by atoms with Crippen LogP contribution in [0.25, 0.3) is 0 Å². The number of amides is 2. The van der Waals surface area contributed by atoms with Gasteiger partial charge in [0.1, 0.15) is 18.1 Å². The van der Waals surface area contributed by atoms with Crippen LogP contribution in [0.5, 0.6) is 11.5 Å². The number of benzene rings is 2. The van der Waals surface area contributed by atoms with E-state index in [1.807, 2.05) is 49.4 Å². The molecule has 5 nitrogen and oxygen atoms in total. The zero-order valence-corrected chi connectivity index (χ0v) is 12.6. The Morgan fingerprint density at radius 3 is 2.91 bits per heavy atom. The highest BCUT2D eigenvalue weighted by Gasteiger charge is 2.24. The molecule has 0 saturated carbocycles. The quantitative estimate of drug-likeness (QED) is 0.924. The van der Waals surface area contributed by atoms with Crippen LogP contribution < -0.4 is 19.7 Å². The number of carbonyl (C=O) groups excluding carboxylic acids is 1. The molecule has 0 fully saturated rings. The number of nitrogens with zero attached hydrogens (tertiary/aromatic N) is 1. The van der Waals surface area contributed by atoms with Crippen LogP contribution in [-0.2, 0) is 0 Å². The van der Waals surface area contributed by atoms with Crippen LogP contribution in [0.1, 0.15) is 5.56 Å². The van der Waals surface area contributed by atoms with Crippen molar-refractivity contribution < 1.29 is 14.3 Å². The zero-order chi connectivity index (χ0) is 15.5. The van der Waals surface area contributed by atoms with Gasteiger partial charge in [-0.3, -0.25) is 4.90 Å². The molecule has 0 aliphatic carbocycles. The molecule has 2 amide bonds. The van der Waals surface area contributed by atoms with Crippen molar-refractivity contribution in [1.82, 2.24) is 0 Å². The van der Waals surface area contributed by atoms with Crippen LogP contribution in [0.3, 0.4) is 0 Å². The van der Waals surface area contributed by atoms with Gasteiger partial charge in [-0.05, 0) is 36.8 Å². The van der Waals surface area contributed by atoms with Gasteiger partial charge in [-0.1, -0.05) is 18.2 Å². The van der Waals surface area contributed by atoms with Gasteiger partial charge in [-0.25, -0.2) is 4.79 Å². The molecule has 0 bridgehead atoms. The summed E-state index contributed by atoms with van der Waals surface area (Å²) >= 11 is 0. The molecule has 1 aliphatic heterocycles. The maximum Gasteiger partial charge on any atom is 0.326 e. The van der Waals surface area contributed by atoms with E-state index in [2.05, 4.69) is 5.32 Å². The molecule has 0 unspecified atom stereocenters. The van der Waals surface area contributed by atoms with E-state index in [0.29, 0.717) is 24.6 Å². The molecule has 0 saturated heterocycles. The van der Waals surface area contributed by atoms with Gasteiger partial charge in [0, 0.05) is 0 Å². The number of hydrogen-bond donors (Lipinski definition) is 1. The van der Waals surface area contributed by atoms with Gasteiger partial charge in [-0.15, -0.1) is 0 Å². The second kappa shape index (κ2) is 5.97. The summed E-state index contributed by atoms with van der Waals surface area (Å²) in [6, 6.07) is 13.0. The maximum atomic E-state index is 12.6. The van der Waals surface area contributed by atoms with Crippen LogP contribution in [0, 0.1) is 6.92 Å². The summed E-state index contributed by atoms with van der Waals surface area (Å²) in [7, 11) is 1.58. The molecule has 1 aliphatic rings. The Labute approximate surface area is 129 Å². The van der Waals surface area contributed by atoms with Crippen LogP contribution in [0.2, 0.25) is 0 Å². The van der Waals surface area contributed by atoms with Gasteiger partial charge in [0.2, 0.25) is 0 Å². The SMILES string of the molecule is COc1ccccc1NC(=O)N1CCOc2ccc(C)cc21. The number of para-hydroxylation sites is 2. The molecule has 2 aromatic carbocycles. The van der Waals surface area contributed by atoms with Gasteiger partial charge in [0.25, 0.3) is 0 Å². The van der Waals surface area contributed by atoms with E-state index in [1.54, 1.807) is 12.0 Å². The Morgan fingerprint density at radius 2 is 2.09 bits per heavy atom. The lowest BCUT2D eigenvalue weighted by Gasteiger charge is -2.30. The summed E-state index contributed by atoms with van der Waals surface area (Å²) in [6.07, 6.45) is 0. The van der Waals surface area contributed by atoms with E-state index < -0.39 is 0 Å². The number of anilines is 2. The van der Waals surface area contributed by atoms with E-state index in [1.165, 1.54) is 0 Å². The molecule has 2 aromatic rings. The summed E-state index contributed by atoms with van der Waals surface area (Å²) in [5, 5.41) is 2.90. The van der Waals surface area contributed by atoms with Crippen LogP contribution in [-0.4, -0.2) is 26.3 Å². The van der Waals surface area contributed by atoms with E-state index in [0.717, 1.165) is 17.0 Å². The van der Waals surface area contributed by atoms with Crippen molar-refractivity contribution in [2.75, 3.05) is 30.5 Å². The minimum atomic E-state index is -0.195. The van der Waals surface area contributed by atoms with Gasteiger partial charge in [0.15, 0.2) is 0 Å². The fraction of sp³-hybridized carbons (Fsp3) is 0.235. The lowest BCUT2D eigenvalue weighted by Crippen LogP contribution is -2.40. The van der Waals surface area contributed by atoms with Crippen LogP contribution >= 0.6 is 0 Å². The second-order valence-corrected chi connectivity index (χ2v) is 5.10. The summed E-state index contributed by atoms with van der Waals surface area (Å²) < 4.78 is 10.9. The van der Waals surface area contributed by atoms with E-state index in [4.69, 9.17) is 9.47 Å². The Kier molecular flexibility index (Phi) is 3.87. The number of ether oxygens (including phenoxy) is 2. The maximum absolute atomic E-state index is 12.6. The Bertz CT molecular complexity index is 700. The number of urea groups is 1. The van der Waals surface area contributed by atoms with Gasteiger partial charge in [0.05, 0.1) is 25.0 Å². The van der Waals surface area contributed by atoms with Crippen molar-refractivity contribution in [3.8, 4) is 11.5 Å². The molecule has 0 atom stereocenters. The molecule has 3 rings (SSSR count). The van der Waals surface area contributed by atoms with E-state index in [-0.39, 0.29) is 6.03 Å². The minimum Gasteiger partial charge on any atom is -0.495 e. The summed E-state index contributed by atoms with van der Waals surface area (Å²) in [4.78, 5) is 14.3. The number of fused-ring (bicyclic) bond motifs is 1. The first-order valence-electron chi connectivity index (χ1n) is 7.14. The lowest BCUT2D eigenvalue weighted by molar-refractivity contribution is 0.250. The predicted octanol–water partition coefficient (Wildman–Crippen LogP) is 3.43. The average molecular weight is 298 g/mol. The van der Waals surface area contributed by atoms with Crippen LogP contribution in [0.4, 0.5) is 16.2 Å². The molecular formula is C17H18N2O3. The highest BCUT2D eigenvalue weighted by atomic mass is 16.5. The topological polar surface area (TPSA) is 50.8 Å². The summed E-state index contributed by atoms with van der Waals surface area (Å²) in [5.41, 5.74) is 2.52. The van der Waals surface area contributed by atoms with Crippen molar-refractivity contribution >= 4 is 17.4 Å². The second-order valence-electron chi connectivity index (χ2n) is 5.10. The largest absolute Gasteiger partial charge is 0.495 e. The van der Waals surface area contributed by atoms with Crippen molar-refractivity contribution in [3.05, 3.63) is 48.0 Å². The smallest absolute Gasteiger partial charge is 0.326 e. The lowest BCUT2D eigenvalue weighted by atomic mass is 10.1. The molecule has 22 heavy (non-hydrogen) atoms. The molecular weight excluding hydrogens is 280 g/mol. The first kappa shape index (κ1) is 14.3. The number of carbonyl (C=O) groups is 1. The molecule has 1 heterocycles. The number of nitrogens with one attached hydrogen (secondary N) is 1. The van der Waals surface area contributed by atoms with Crippen LogP contribution in [0.15, 0.2) is 42.5 Å². The van der Waals surface area contributed by atoms with Crippen molar-refractivity contribution in [1.29, 1.82) is 0 Å². The summed E-state index contributed by atoms with van der Waals surface area (Å²) in [6.45, 7) is 2.98. The molecule has 1 N–H and O–H groups in total. The third-order valence-corrected chi connectivity index (χ3v) is 3.57. The van der Waals surface area contributed by atoms with Crippen molar-refractivity contribution in [3.63, 3.8) is 0 Å². The molecule has 5 heteroatoms.